The third-order valence-corrected chi connectivity index (χ3v) is 3.63. The first-order chi connectivity index (χ1) is 10.4. The van der Waals surface area contributed by atoms with Crippen molar-refractivity contribution in [3.63, 3.8) is 0 Å². The SMILES string of the molecule is CC(C)(C)c1ccccc1NC(=O)c1cc2ccccc2o1. The van der Waals surface area contributed by atoms with Crippen LogP contribution in [-0.4, -0.2) is 5.91 Å². The number of fused-ring (bicyclic) bond motifs is 1. The van der Waals surface area contributed by atoms with E-state index < -0.39 is 0 Å². The van der Waals surface area contributed by atoms with Crippen LogP contribution in [0.1, 0.15) is 36.9 Å². The molecule has 1 heterocycles. The molecule has 3 rings (SSSR count). The molecular weight excluding hydrogens is 274 g/mol. The van der Waals surface area contributed by atoms with E-state index in [0.717, 1.165) is 22.2 Å². The van der Waals surface area contributed by atoms with Crippen LogP contribution >= 0.6 is 0 Å². The molecule has 0 fully saturated rings. The highest BCUT2D eigenvalue weighted by atomic mass is 16.3. The highest BCUT2D eigenvalue weighted by molar-refractivity contribution is 6.05. The second-order valence-corrected chi connectivity index (χ2v) is 6.40. The van der Waals surface area contributed by atoms with Gasteiger partial charge in [-0.3, -0.25) is 4.79 Å². The van der Waals surface area contributed by atoms with Crippen LogP contribution in [0.3, 0.4) is 0 Å². The smallest absolute Gasteiger partial charge is 0.291 e. The second kappa shape index (κ2) is 5.34. The van der Waals surface area contributed by atoms with Gasteiger partial charge >= 0.3 is 0 Å². The number of hydrogen-bond donors (Lipinski definition) is 1. The maximum atomic E-state index is 12.5. The quantitative estimate of drug-likeness (QED) is 0.723. The molecule has 3 heteroatoms. The zero-order valence-electron chi connectivity index (χ0n) is 13.0. The third kappa shape index (κ3) is 2.75. The number of amides is 1. The lowest BCUT2D eigenvalue weighted by atomic mass is 9.86. The van der Waals surface area contributed by atoms with Gasteiger partial charge in [0.15, 0.2) is 5.76 Å². The molecule has 2 aromatic carbocycles. The minimum atomic E-state index is -0.229. The standard InChI is InChI=1S/C19H19NO2/c1-19(2,3)14-9-5-6-10-15(14)20-18(21)17-12-13-8-4-7-11-16(13)22-17/h4-12H,1-3H3,(H,20,21). The van der Waals surface area contributed by atoms with Crippen molar-refractivity contribution in [2.75, 3.05) is 5.32 Å². The fraction of sp³-hybridized carbons (Fsp3) is 0.211. The normalized spacial score (nSPS) is 11.6. The molecular formula is C19H19NO2. The minimum Gasteiger partial charge on any atom is -0.451 e. The first-order valence-corrected chi connectivity index (χ1v) is 7.34. The molecule has 0 radical (unpaired) electrons. The monoisotopic (exact) mass is 293 g/mol. The van der Waals surface area contributed by atoms with E-state index in [-0.39, 0.29) is 11.3 Å². The maximum Gasteiger partial charge on any atom is 0.291 e. The van der Waals surface area contributed by atoms with Crippen molar-refractivity contribution in [2.45, 2.75) is 26.2 Å². The molecule has 0 saturated heterocycles. The Morgan fingerprint density at radius 1 is 1.00 bits per heavy atom. The molecule has 0 bridgehead atoms. The fourth-order valence-electron chi connectivity index (χ4n) is 2.52. The predicted molar refractivity (Wildman–Crippen MR) is 89.3 cm³/mol. The van der Waals surface area contributed by atoms with Crippen LogP contribution < -0.4 is 5.32 Å². The lowest BCUT2D eigenvalue weighted by Crippen LogP contribution is -2.18. The summed E-state index contributed by atoms with van der Waals surface area (Å²) in [6, 6.07) is 17.2. The number of nitrogens with one attached hydrogen (secondary N) is 1. The summed E-state index contributed by atoms with van der Waals surface area (Å²) < 4.78 is 5.62. The number of carbonyl (C=O) groups is 1. The lowest BCUT2D eigenvalue weighted by molar-refractivity contribution is 0.0998. The number of furan rings is 1. The predicted octanol–water partition coefficient (Wildman–Crippen LogP) is 4.98. The van der Waals surface area contributed by atoms with Crippen molar-refractivity contribution < 1.29 is 9.21 Å². The Kier molecular flexibility index (Phi) is 3.49. The number of carbonyl (C=O) groups excluding carboxylic acids is 1. The Hall–Kier alpha value is -2.55. The van der Waals surface area contributed by atoms with E-state index in [0.29, 0.717) is 5.76 Å². The molecule has 112 valence electrons. The van der Waals surface area contributed by atoms with E-state index >= 15 is 0 Å². The molecule has 0 aliphatic carbocycles. The molecule has 1 amide bonds. The van der Waals surface area contributed by atoms with Gasteiger partial charge in [-0.1, -0.05) is 57.2 Å². The van der Waals surface area contributed by atoms with E-state index in [1.54, 1.807) is 6.07 Å². The summed E-state index contributed by atoms with van der Waals surface area (Å²) in [4.78, 5) is 12.5. The minimum absolute atomic E-state index is 0.0439. The first kappa shape index (κ1) is 14.4. The average Bonchev–Trinajstić information content (AvgIpc) is 2.90. The molecule has 3 nitrogen and oxygen atoms in total. The summed E-state index contributed by atoms with van der Waals surface area (Å²) in [7, 11) is 0. The van der Waals surface area contributed by atoms with Crippen LogP contribution in [0.15, 0.2) is 59.0 Å². The highest BCUT2D eigenvalue weighted by Gasteiger charge is 2.20. The van der Waals surface area contributed by atoms with Crippen LogP contribution in [0.4, 0.5) is 5.69 Å². The van der Waals surface area contributed by atoms with Crippen molar-refractivity contribution in [1.29, 1.82) is 0 Å². The van der Waals surface area contributed by atoms with Crippen molar-refractivity contribution in [3.05, 3.63) is 65.9 Å². The van der Waals surface area contributed by atoms with Gasteiger partial charge in [-0.2, -0.15) is 0 Å². The molecule has 1 N–H and O–H groups in total. The second-order valence-electron chi connectivity index (χ2n) is 6.40. The van der Waals surface area contributed by atoms with Crippen molar-refractivity contribution in [1.82, 2.24) is 0 Å². The molecule has 0 unspecified atom stereocenters. The van der Waals surface area contributed by atoms with Crippen LogP contribution in [0.5, 0.6) is 0 Å². The van der Waals surface area contributed by atoms with Crippen molar-refractivity contribution >= 4 is 22.6 Å². The van der Waals surface area contributed by atoms with E-state index in [1.165, 1.54) is 0 Å². The number of benzene rings is 2. The third-order valence-electron chi connectivity index (χ3n) is 3.63. The van der Waals surface area contributed by atoms with Gasteiger partial charge in [0.05, 0.1) is 0 Å². The molecule has 22 heavy (non-hydrogen) atoms. The molecule has 0 spiro atoms. The number of rotatable bonds is 2. The summed E-state index contributed by atoms with van der Waals surface area (Å²) in [5.41, 5.74) is 2.59. The number of para-hydroxylation sites is 2. The summed E-state index contributed by atoms with van der Waals surface area (Å²) in [6.07, 6.45) is 0. The van der Waals surface area contributed by atoms with Crippen molar-refractivity contribution in [3.8, 4) is 0 Å². The zero-order chi connectivity index (χ0) is 15.7. The van der Waals surface area contributed by atoms with Gasteiger partial charge < -0.3 is 9.73 Å². The Balaban J connectivity index is 1.92. The molecule has 3 aromatic rings. The van der Waals surface area contributed by atoms with Crippen molar-refractivity contribution in [2.24, 2.45) is 0 Å². The summed E-state index contributed by atoms with van der Waals surface area (Å²) in [5, 5.41) is 3.89. The highest BCUT2D eigenvalue weighted by Crippen LogP contribution is 2.30. The Labute approximate surface area is 130 Å². The van der Waals surface area contributed by atoms with Gasteiger partial charge in [-0.05, 0) is 29.2 Å². The van der Waals surface area contributed by atoms with E-state index in [2.05, 4.69) is 26.1 Å². The molecule has 0 aliphatic heterocycles. The van der Waals surface area contributed by atoms with Crippen LogP contribution in [0.2, 0.25) is 0 Å². The fourth-order valence-corrected chi connectivity index (χ4v) is 2.52. The summed E-state index contributed by atoms with van der Waals surface area (Å²) in [6.45, 7) is 6.37. The molecule has 0 aliphatic rings. The lowest BCUT2D eigenvalue weighted by Gasteiger charge is -2.22. The van der Waals surface area contributed by atoms with Gasteiger partial charge in [-0.15, -0.1) is 0 Å². The van der Waals surface area contributed by atoms with E-state index in [1.807, 2.05) is 48.5 Å². The average molecular weight is 293 g/mol. The van der Waals surface area contributed by atoms with Gasteiger partial charge in [-0.25, -0.2) is 0 Å². The summed E-state index contributed by atoms with van der Waals surface area (Å²) >= 11 is 0. The zero-order valence-corrected chi connectivity index (χ0v) is 13.0. The van der Waals surface area contributed by atoms with Gasteiger partial charge in [0, 0.05) is 11.1 Å². The van der Waals surface area contributed by atoms with E-state index in [4.69, 9.17) is 4.42 Å². The largest absolute Gasteiger partial charge is 0.451 e. The summed E-state index contributed by atoms with van der Waals surface area (Å²) in [5.74, 6) is 0.0952. The van der Waals surface area contributed by atoms with Gasteiger partial charge in [0.2, 0.25) is 0 Å². The molecule has 1 aromatic heterocycles. The topological polar surface area (TPSA) is 42.2 Å². The number of anilines is 1. The van der Waals surface area contributed by atoms with Gasteiger partial charge in [0.25, 0.3) is 5.91 Å². The van der Waals surface area contributed by atoms with Crippen LogP contribution in [-0.2, 0) is 5.41 Å². The first-order valence-electron chi connectivity index (χ1n) is 7.34. The number of hydrogen-bond acceptors (Lipinski definition) is 2. The maximum absolute atomic E-state index is 12.5. The van der Waals surface area contributed by atoms with E-state index in [9.17, 15) is 4.79 Å². The van der Waals surface area contributed by atoms with Crippen LogP contribution in [0.25, 0.3) is 11.0 Å². The molecule has 0 atom stereocenters. The Bertz CT molecular complexity index is 792. The Morgan fingerprint density at radius 2 is 1.68 bits per heavy atom. The van der Waals surface area contributed by atoms with Crippen LogP contribution in [0, 0.1) is 0 Å². The molecule has 0 saturated carbocycles. The van der Waals surface area contributed by atoms with Gasteiger partial charge in [0.1, 0.15) is 5.58 Å². The Morgan fingerprint density at radius 3 is 2.41 bits per heavy atom.